The van der Waals surface area contributed by atoms with Crippen molar-refractivity contribution < 1.29 is 48.0 Å². The largest absolute Gasteiger partial charge is 1.00 e. The maximum absolute atomic E-state index is 2.57. The third-order valence-corrected chi connectivity index (χ3v) is 10.4. The van der Waals surface area contributed by atoms with Crippen molar-refractivity contribution >= 4 is 3.27 Å². The van der Waals surface area contributed by atoms with Crippen LogP contribution in [0, 0.1) is 5.92 Å². The average molecular weight is 533 g/mol. The molecule has 0 saturated heterocycles. The maximum Gasteiger partial charge on any atom is -1.00 e. The monoisotopic (exact) mass is 530 g/mol. The standard InChI is InChI=1S/C21H25.C7H9.2ClH.Zr/c1-20(2,3)16-9-7-14-11-15-8-10-17(21(4,5)6)13-19(15)18(14)12-16;1-6-3-4-7(2)5-6;;;/h7,9-10,12-13H,11H2,1-6H3;3,5,7H,1-2H3;2*1H;/q;;;;+2/p-2. The van der Waals surface area contributed by atoms with E-state index in [1.165, 1.54) is 33.4 Å². The number of rotatable bonds is 2. The summed E-state index contributed by atoms with van der Waals surface area (Å²) in [6.07, 6.45) is 6.03. The molecule has 3 heteroatoms. The van der Waals surface area contributed by atoms with Crippen molar-refractivity contribution in [2.45, 2.75) is 72.6 Å². The first kappa shape index (κ1) is 26.6. The predicted molar refractivity (Wildman–Crippen MR) is 123 cm³/mol. The Balaban J connectivity index is 0.00000171. The molecule has 0 aromatic heterocycles. The number of hydrogen-bond donors (Lipinski definition) is 0. The molecule has 0 heterocycles. The van der Waals surface area contributed by atoms with Crippen molar-refractivity contribution in [2.24, 2.45) is 5.92 Å². The first-order valence-corrected chi connectivity index (χ1v) is 13.4. The van der Waals surface area contributed by atoms with Crippen LogP contribution in [0.1, 0.15) is 77.6 Å². The van der Waals surface area contributed by atoms with E-state index in [2.05, 4.69) is 97.9 Å². The molecule has 31 heavy (non-hydrogen) atoms. The number of fused-ring (bicyclic) bond motifs is 3. The number of halogens is 2. The van der Waals surface area contributed by atoms with Crippen LogP contribution >= 0.6 is 0 Å². The summed E-state index contributed by atoms with van der Waals surface area (Å²) in [5.74, 6) is 0.631. The molecule has 2 aromatic carbocycles. The topological polar surface area (TPSA) is 0 Å². The second-order valence-corrected chi connectivity index (χ2v) is 14.4. The van der Waals surface area contributed by atoms with E-state index in [1.54, 1.807) is 12.1 Å². The van der Waals surface area contributed by atoms with Crippen LogP contribution in [0.5, 0.6) is 0 Å². The second-order valence-electron chi connectivity index (χ2n) is 11.0. The van der Waals surface area contributed by atoms with Crippen molar-refractivity contribution in [2.75, 3.05) is 0 Å². The SMILES string of the molecule is CC1=CC(C)[C]([Zr+2][c]2cc(C(C)(C)C)cc3c2Cc2ccc(C(C)(C)C)cc2-3)=C1.[Cl-].[Cl-]. The Hall–Kier alpha value is -0.617. The minimum atomic E-state index is -0.800. The minimum Gasteiger partial charge on any atom is -1.00 e. The van der Waals surface area contributed by atoms with E-state index in [1.807, 2.05) is 0 Å². The number of hydrogen-bond acceptors (Lipinski definition) is 0. The van der Waals surface area contributed by atoms with Crippen LogP contribution in [-0.4, -0.2) is 0 Å². The minimum absolute atomic E-state index is 0. The van der Waals surface area contributed by atoms with Crippen molar-refractivity contribution in [1.29, 1.82) is 0 Å². The molecule has 1 atom stereocenters. The summed E-state index contributed by atoms with van der Waals surface area (Å²) >= 11 is -0.800. The van der Waals surface area contributed by atoms with Crippen molar-refractivity contribution in [1.82, 2.24) is 0 Å². The quantitative estimate of drug-likeness (QED) is 0.463. The average Bonchev–Trinajstić information content (AvgIpc) is 3.12. The number of allylic oxidation sites excluding steroid dienone is 4. The molecular weight excluding hydrogens is 498 g/mol. The van der Waals surface area contributed by atoms with Gasteiger partial charge in [0, 0.05) is 0 Å². The Morgan fingerprint density at radius 3 is 2.00 bits per heavy atom. The van der Waals surface area contributed by atoms with Crippen LogP contribution in [0.15, 0.2) is 51.3 Å². The summed E-state index contributed by atoms with van der Waals surface area (Å²) in [4.78, 5) is 0. The van der Waals surface area contributed by atoms with Gasteiger partial charge in [-0.15, -0.1) is 0 Å². The fourth-order valence-corrected chi connectivity index (χ4v) is 8.24. The molecule has 0 nitrogen and oxygen atoms in total. The van der Waals surface area contributed by atoms with Crippen LogP contribution < -0.4 is 28.1 Å². The molecule has 0 amide bonds. The Morgan fingerprint density at radius 1 is 0.839 bits per heavy atom. The van der Waals surface area contributed by atoms with Crippen molar-refractivity contribution in [3.63, 3.8) is 0 Å². The zero-order chi connectivity index (χ0) is 21.1. The summed E-state index contributed by atoms with van der Waals surface area (Å²) in [6.45, 7) is 18.7. The molecule has 2 aliphatic carbocycles. The van der Waals surface area contributed by atoms with E-state index in [0.29, 0.717) is 5.92 Å². The molecular formula is C28H34Cl2Zr. The fourth-order valence-electron chi connectivity index (χ4n) is 4.50. The Labute approximate surface area is 213 Å². The van der Waals surface area contributed by atoms with Gasteiger partial charge in [0.25, 0.3) is 0 Å². The van der Waals surface area contributed by atoms with Gasteiger partial charge in [-0.2, -0.15) is 0 Å². The normalized spacial score (nSPS) is 17.0. The molecule has 0 bridgehead atoms. The van der Waals surface area contributed by atoms with Gasteiger partial charge in [0.2, 0.25) is 0 Å². The van der Waals surface area contributed by atoms with E-state index >= 15 is 0 Å². The zero-order valence-corrected chi connectivity index (χ0v) is 24.1. The molecule has 164 valence electrons. The summed E-state index contributed by atoms with van der Waals surface area (Å²) in [5, 5.41) is 0. The molecule has 2 aromatic rings. The van der Waals surface area contributed by atoms with Crippen LogP contribution in [-0.2, 0) is 40.5 Å². The third kappa shape index (κ3) is 5.32. The van der Waals surface area contributed by atoms with Crippen molar-refractivity contribution in [3.8, 4) is 11.1 Å². The van der Waals surface area contributed by atoms with Crippen LogP contribution in [0.25, 0.3) is 11.1 Å². The van der Waals surface area contributed by atoms with Gasteiger partial charge in [0.1, 0.15) is 0 Å². The van der Waals surface area contributed by atoms with E-state index in [4.69, 9.17) is 0 Å². The molecule has 0 radical (unpaired) electrons. The number of benzene rings is 2. The molecule has 0 fully saturated rings. The van der Waals surface area contributed by atoms with Crippen LogP contribution in [0.2, 0.25) is 0 Å². The molecule has 0 N–H and O–H groups in total. The van der Waals surface area contributed by atoms with Gasteiger partial charge in [0.05, 0.1) is 0 Å². The van der Waals surface area contributed by atoms with E-state index < -0.39 is 23.2 Å². The zero-order valence-electron chi connectivity index (χ0n) is 20.1. The molecule has 2 aliphatic rings. The summed E-state index contributed by atoms with van der Waals surface area (Å²) in [7, 11) is 0. The van der Waals surface area contributed by atoms with Gasteiger partial charge in [-0.3, -0.25) is 0 Å². The first-order valence-electron chi connectivity index (χ1n) is 10.9. The van der Waals surface area contributed by atoms with Gasteiger partial charge in [-0.1, -0.05) is 0 Å². The van der Waals surface area contributed by atoms with Gasteiger partial charge >= 0.3 is 190 Å². The molecule has 0 spiro atoms. The smallest absolute Gasteiger partial charge is 1.00 e. The van der Waals surface area contributed by atoms with Crippen LogP contribution in [0.3, 0.4) is 0 Å². The van der Waals surface area contributed by atoms with E-state index in [9.17, 15) is 0 Å². The Morgan fingerprint density at radius 2 is 1.45 bits per heavy atom. The van der Waals surface area contributed by atoms with Gasteiger partial charge < -0.3 is 24.8 Å². The predicted octanol–water partition coefficient (Wildman–Crippen LogP) is 1.05. The molecule has 1 unspecified atom stereocenters. The summed E-state index contributed by atoms with van der Waals surface area (Å²) < 4.78 is 3.43. The van der Waals surface area contributed by atoms with Crippen LogP contribution in [0.4, 0.5) is 0 Å². The Kier molecular flexibility index (Phi) is 8.01. The van der Waals surface area contributed by atoms with Gasteiger partial charge in [0.15, 0.2) is 0 Å². The van der Waals surface area contributed by atoms with Gasteiger partial charge in [-0.25, -0.2) is 0 Å². The van der Waals surface area contributed by atoms with E-state index in [0.717, 1.165) is 6.42 Å². The first-order chi connectivity index (χ1) is 13.4. The van der Waals surface area contributed by atoms with Crippen molar-refractivity contribution in [3.05, 3.63) is 73.6 Å². The second kappa shape index (κ2) is 9.32. The maximum atomic E-state index is 2.57. The fraction of sp³-hybridized carbons (Fsp3) is 0.429. The molecule has 4 rings (SSSR count). The Bertz CT molecular complexity index is 1050. The molecule has 0 saturated carbocycles. The summed E-state index contributed by atoms with van der Waals surface area (Å²) in [6, 6.07) is 12.3. The summed E-state index contributed by atoms with van der Waals surface area (Å²) in [5.41, 5.74) is 10.9. The van der Waals surface area contributed by atoms with E-state index in [-0.39, 0.29) is 35.6 Å². The van der Waals surface area contributed by atoms with Gasteiger partial charge in [-0.05, 0) is 0 Å². The molecule has 0 aliphatic heterocycles. The third-order valence-electron chi connectivity index (χ3n) is 6.41.